The summed E-state index contributed by atoms with van der Waals surface area (Å²) in [5.74, 6) is -10.5. The number of aliphatic hydroxyl groups excluding tert-OH is 1. The van der Waals surface area contributed by atoms with Crippen LogP contribution in [0.2, 0.25) is 0 Å². The van der Waals surface area contributed by atoms with Crippen molar-refractivity contribution < 1.29 is 68.4 Å². The predicted molar refractivity (Wildman–Crippen MR) is 304 cm³/mol. The van der Waals surface area contributed by atoms with Gasteiger partial charge in [-0.3, -0.25) is 48.1 Å². The van der Waals surface area contributed by atoms with Crippen LogP contribution < -0.4 is 59.7 Å². The highest BCUT2D eigenvalue weighted by atomic mass is 32.2. The first-order chi connectivity index (χ1) is 38.1. The van der Waals surface area contributed by atoms with E-state index in [0.717, 1.165) is 0 Å². The SMILES string of the molecule is CSCC[C@H](NC(=O)[C@H](CO)NC(=O)[C@H](Cc1ccccc1)NC(=O)[C@@H](NC(=O)[C@H](CCC(=O)O)NC(=O)[C@H](CC(C)C)NC(=O)[C@@H](N)Cc1ccc(O)cc1)C(C)C)C(=O)N[C@@H](CC(C)C)C(=O)N[C@@H](CCCN=C(N)N)C(=O)O. The summed E-state index contributed by atoms with van der Waals surface area (Å²) >= 11 is 1.34. The van der Waals surface area contributed by atoms with Crippen molar-refractivity contribution in [2.45, 2.75) is 154 Å². The van der Waals surface area contributed by atoms with Crippen LogP contribution in [0.4, 0.5) is 0 Å². The van der Waals surface area contributed by atoms with E-state index < -0.39 is 139 Å². The minimum Gasteiger partial charge on any atom is -0.508 e. The summed E-state index contributed by atoms with van der Waals surface area (Å²) in [5.41, 5.74) is 18.1. The van der Waals surface area contributed by atoms with Gasteiger partial charge in [0.2, 0.25) is 47.3 Å². The number of nitrogens with zero attached hydrogens (tertiary/aromatic N) is 1. The first-order valence-corrected chi connectivity index (χ1v) is 28.1. The van der Waals surface area contributed by atoms with Crippen molar-refractivity contribution in [2.24, 2.45) is 39.9 Å². The molecule has 0 aliphatic rings. The lowest BCUT2D eigenvalue weighted by Crippen LogP contribution is -2.62. The molecule has 9 atom stereocenters. The quantitative estimate of drug-likeness (QED) is 0.0216. The molecule has 2 aromatic rings. The van der Waals surface area contributed by atoms with E-state index in [1.807, 2.05) is 0 Å². The van der Waals surface area contributed by atoms with Crippen molar-refractivity contribution >= 4 is 76.9 Å². The molecule has 0 aromatic heterocycles. The van der Waals surface area contributed by atoms with Gasteiger partial charge in [0, 0.05) is 19.4 Å². The number of aromatic hydroxyl groups is 1. The molecule has 81 heavy (non-hydrogen) atoms. The summed E-state index contributed by atoms with van der Waals surface area (Å²) in [6, 6.07) is 2.03. The summed E-state index contributed by atoms with van der Waals surface area (Å²) in [6.45, 7) is 9.43. The molecule has 0 bridgehead atoms. The van der Waals surface area contributed by atoms with Gasteiger partial charge in [-0.2, -0.15) is 11.8 Å². The monoisotopic (exact) mass is 1160 g/mol. The number of nitrogens with one attached hydrogen (secondary N) is 8. The number of carbonyl (C=O) groups excluding carboxylic acids is 8. The third-order valence-corrected chi connectivity index (χ3v) is 13.1. The topological polar surface area (TPSA) is 438 Å². The largest absolute Gasteiger partial charge is 0.508 e. The lowest BCUT2D eigenvalue weighted by atomic mass is 9.99. The Morgan fingerprint density at radius 1 is 0.543 bits per heavy atom. The number of carboxylic acid groups (broad SMARTS) is 2. The molecule has 2 rings (SSSR count). The lowest BCUT2D eigenvalue weighted by molar-refractivity contribution is -0.142. The fraction of sp³-hybridized carbons (Fsp3) is 0.574. The normalized spacial score (nSPS) is 14.5. The summed E-state index contributed by atoms with van der Waals surface area (Å²) < 4.78 is 0. The van der Waals surface area contributed by atoms with E-state index in [0.29, 0.717) is 16.9 Å². The van der Waals surface area contributed by atoms with Gasteiger partial charge in [-0.05, 0) is 98.0 Å². The minimum absolute atomic E-state index is 0.0163. The van der Waals surface area contributed by atoms with Gasteiger partial charge in [0.15, 0.2) is 5.96 Å². The molecule has 0 radical (unpaired) electrons. The number of hydrogen-bond donors (Lipinski definition) is 15. The van der Waals surface area contributed by atoms with Crippen LogP contribution in [0, 0.1) is 17.8 Å². The van der Waals surface area contributed by atoms with Crippen LogP contribution in [-0.2, 0) is 60.8 Å². The maximum absolute atomic E-state index is 14.3. The van der Waals surface area contributed by atoms with Gasteiger partial charge in [0.25, 0.3) is 0 Å². The van der Waals surface area contributed by atoms with Crippen molar-refractivity contribution in [3.63, 3.8) is 0 Å². The predicted octanol–water partition coefficient (Wildman–Crippen LogP) is -1.12. The van der Waals surface area contributed by atoms with Gasteiger partial charge >= 0.3 is 11.9 Å². The van der Waals surface area contributed by atoms with E-state index in [2.05, 4.69) is 47.5 Å². The number of phenolic OH excluding ortho intramolecular Hbond substituents is 1. The van der Waals surface area contributed by atoms with E-state index in [9.17, 15) is 68.4 Å². The second-order valence-corrected chi connectivity index (χ2v) is 21.8. The Morgan fingerprint density at radius 3 is 1.51 bits per heavy atom. The zero-order valence-corrected chi connectivity index (χ0v) is 47.9. The number of phenols is 1. The number of amides is 8. The number of aliphatic hydroxyl groups is 1. The van der Waals surface area contributed by atoms with Crippen LogP contribution in [-0.4, -0.2) is 165 Å². The molecular weight excluding hydrogens is 1070 g/mol. The fourth-order valence-electron chi connectivity index (χ4n) is 8.13. The Hall–Kier alpha value is -7.52. The second kappa shape index (κ2) is 36.0. The van der Waals surface area contributed by atoms with Crippen molar-refractivity contribution in [3.05, 3.63) is 65.7 Å². The highest BCUT2D eigenvalue weighted by molar-refractivity contribution is 7.98. The highest BCUT2D eigenvalue weighted by Gasteiger charge is 2.36. The maximum atomic E-state index is 14.3. The zero-order valence-electron chi connectivity index (χ0n) is 47.1. The number of carbonyl (C=O) groups is 10. The second-order valence-electron chi connectivity index (χ2n) is 20.8. The summed E-state index contributed by atoms with van der Waals surface area (Å²) in [5, 5.41) is 60.0. The van der Waals surface area contributed by atoms with Crippen LogP contribution in [0.5, 0.6) is 5.75 Å². The molecule has 0 spiro atoms. The molecule has 0 saturated heterocycles. The summed E-state index contributed by atoms with van der Waals surface area (Å²) in [4.78, 5) is 139. The zero-order chi connectivity index (χ0) is 60.9. The number of nitrogens with two attached hydrogens (primary N) is 3. The molecule has 18 N–H and O–H groups in total. The summed E-state index contributed by atoms with van der Waals surface area (Å²) in [7, 11) is 0. The van der Waals surface area contributed by atoms with E-state index in [1.165, 1.54) is 23.9 Å². The molecule has 0 saturated carbocycles. The average Bonchev–Trinajstić information content (AvgIpc) is 3.42. The molecule has 0 fully saturated rings. The molecular formula is C54H84N12O14S. The Morgan fingerprint density at radius 2 is 1.00 bits per heavy atom. The number of guanidine groups is 1. The molecule has 450 valence electrons. The van der Waals surface area contributed by atoms with E-state index in [4.69, 9.17) is 17.2 Å². The van der Waals surface area contributed by atoms with Gasteiger partial charge in [-0.1, -0.05) is 84.0 Å². The first kappa shape index (κ1) is 69.6. The first-order valence-electron chi connectivity index (χ1n) is 26.8. The highest BCUT2D eigenvalue weighted by Crippen LogP contribution is 2.15. The van der Waals surface area contributed by atoms with Gasteiger partial charge < -0.3 is 80.2 Å². The number of aliphatic imine (C=N–C) groups is 1. The fourth-order valence-corrected chi connectivity index (χ4v) is 8.60. The molecule has 0 heterocycles. The molecule has 26 nitrogen and oxygen atoms in total. The Bertz CT molecular complexity index is 2430. The average molecular weight is 1160 g/mol. The molecule has 8 amide bonds. The minimum atomic E-state index is -1.71. The Kier molecular flexibility index (Phi) is 30.9. The van der Waals surface area contributed by atoms with Crippen LogP contribution in [0.15, 0.2) is 59.6 Å². The van der Waals surface area contributed by atoms with Crippen molar-refractivity contribution in [1.29, 1.82) is 0 Å². The third kappa shape index (κ3) is 26.5. The van der Waals surface area contributed by atoms with E-state index in [1.54, 1.807) is 90.3 Å². The lowest BCUT2D eigenvalue weighted by Gasteiger charge is -2.29. The number of carboxylic acids is 2. The number of benzene rings is 2. The molecule has 27 heteroatoms. The van der Waals surface area contributed by atoms with Crippen LogP contribution >= 0.6 is 11.8 Å². The molecule has 0 aliphatic heterocycles. The van der Waals surface area contributed by atoms with Gasteiger partial charge in [0.05, 0.1) is 12.6 Å². The van der Waals surface area contributed by atoms with Crippen molar-refractivity contribution in [3.8, 4) is 5.75 Å². The Labute approximate surface area is 476 Å². The van der Waals surface area contributed by atoms with E-state index >= 15 is 0 Å². The number of rotatable bonds is 37. The molecule has 0 aliphatic carbocycles. The molecule has 2 aromatic carbocycles. The van der Waals surface area contributed by atoms with Crippen LogP contribution in [0.3, 0.4) is 0 Å². The van der Waals surface area contributed by atoms with Gasteiger partial charge in [-0.15, -0.1) is 0 Å². The van der Waals surface area contributed by atoms with Crippen LogP contribution in [0.1, 0.15) is 97.6 Å². The smallest absolute Gasteiger partial charge is 0.326 e. The van der Waals surface area contributed by atoms with Gasteiger partial charge in [-0.25, -0.2) is 4.79 Å². The van der Waals surface area contributed by atoms with E-state index in [-0.39, 0.29) is 75.0 Å². The third-order valence-electron chi connectivity index (χ3n) is 12.5. The Balaban J connectivity index is 2.37. The van der Waals surface area contributed by atoms with Crippen molar-refractivity contribution in [1.82, 2.24) is 42.5 Å². The maximum Gasteiger partial charge on any atom is 0.326 e. The van der Waals surface area contributed by atoms with Crippen LogP contribution in [0.25, 0.3) is 0 Å². The number of hydrogen-bond acceptors (Lipinski definition) is 15. The van der Waals surface area contributed by atoms with Crippen molar-refractivity contribution in [2.75, 3.05) is 25.2 Å². The molecule has 0 unspecified atom stereocenters. The van der Waals surface area contributed by atoms with Gasteiger partial charge in [0.1, 0.15) is 54.1 Å². The number of aliphatic carboxylic acids is 2. The standard InChI is InChI=1S/C54H84N12O14S/c1-29(2)24-39(62-45(71)35(55)26-33-15-17-34(68)18-16-33)48(74)59-36(19-20-43(69)70)47(73)66-44(31(5)6)52(78)64-41(27-32-12-9-8-10-13-32)50(76)65-42(28-67)51(77)60-37(21-23-81-7)46(72)63-40(25-30(3)4)49(75)61-38(53(79)80)14-11-22-58-54(56)57/h8-10,12-13,15-18,29-31,35-42,44,67-68H,11,14,19-28,55H2,1-7H3,(H,59,74)(H,60,77)(H,61,75)(H,62,71)(H,63,72)(H,64,78)(H,65,76)(H,66,73)(H,69,70)(H,79,80)(H4,56,57,58)/t35-,36-,37-,38-,39-,40-,41-,42-,44-/m0/s1. The number of thioether (sulfide) groups is 1. The summed E-state index contributed by atoms with van der Waals surface area (Å²) in [6.07, 6.45) is 0.986.